The minimum Gasteiger partial charge on any atom is -0.373 e. The van der Waals surface area contributed by atoms with Crippen molar-refractivity contribution in [2.75, 3.05) is 32.7 Å². The lowest BCUT2D eigenvalue weighted by molar-refractivity contribution is 0.0992. The molecule has 0 aromatic heterocycles. The van der Waals surface area contributed by atoms with Gasteiger partial charge in [-0.05, 0) is 71.0 Å². The number of piperidine rings is 1. The highest BCUT2D eigenvalue weighted by atomic mass is 16.5. The molecule has 0 aliphatic carbocycles. The van der Waals surface area contributed by atoms with Gasteiger partial charge in [-0.3, -0.25) is 4.99 Å². The molecule has 3 fully saturated rings. The third-order valence-corrected chi connectivity index (χ3v) is 5.53. The fourth-order valence-corrected chi connectivity index (χ4v) is 4.21. The van der Waals surface area contributed by atoms with E-state index in [9.17, 15) is 0 Å². The Bertz CT molecular complexity index is 392. The van der Waals surface area contributed by atoms with Crippen molar-refractivity contribution in [1.82, 2.24) is 15.5 Å². The standard InChI is InChI=1S/C18H34N4O/c1-3-9-22-10-7-14(8-11-22)13-20-18(19-4-2)21-16-12-15-5-6-17(16)23-15/h14-17H,3-13H2,1-2H3,(H2,19,20,21). The molecule has 2 N–H and O–H groups in total. The molecule has 3 rings (SSSR count). The number of hydrogen-bond donors (Lipinski definition) is 2. The van der Waals surface area contributed by atoms with Gasteiger partial charge in [-0.2, -0.15) is 0 Å². The van der Waals surface area contributed by atoms with Gasteiger partial charge < -0.3 is 20.3 Å². The van der Waals surface area contributed by atoms with Crippen LogP contribution in [0.15, 0.2) is 4.99 Å². The van der Waals surface area contributed by atoms with Gasteiger partial charge in [-0.25, -0.2) is 0 Å². The Kier molecular flexibility index (Phi) is 6.17. The third kappa shape index (κ3) is 4.60. The number of likely N-dealkylation sites (tertiary alicyclic amines) is 1. The van der Waals surface area contributed by atoms with E-state index in [1.165, 1.54) is 51.7 Å². The van der Waals surface area contributed by atoms with E-state index in [0.29, 0.717) is 18.2 Å². The lowest BCUT2D eigenvalue weighted by Gasteiger charge is -2.31. The first-order valence-electron chi connectivity index (χ1n) is 9.71. The summed E-state index contributed by atoms with van der Waals surface area (Å²) in [5.41, 5.74) is 0. The zero-order chi connectivity index (χ0) is 16.1. The SMILES string of the molecule is CCCN1CCC(CN=C(NCC)NC2CC3CCC2O3)CC1. The van der Waals surface area contributed by atoms with Gasteiger partial charge in [0, 0.05) is 13.1 Å². The van der Waals surface area contributed by atoms with Crippen LogP contribution in [0, 0.1) is 5.92 Å². The highest BCUT2D eigenvalue weighted by Crippen LogP contribution is 2.34. The second-order valence-corrected chi connectivity index (χ2v) is 7.37. The lowest BCUT2D eigenvalue weighted by Crippen LogP contribution is -2.47. The summed E-state index contributed by atoms with van der Waals surface area (Å²) in [5.74, 6) is 1.74. The summed E-state index contributed by atoms with van der Waals surface area (Å²) >= 11 is 0. The molecule has 0 spiro atoms. The first-order chi connectivity index (χ1) is 11.3. The first-order valence-corrected chi connectivity index (χ1v) is 9.71. The molecule has 5 nitrogen and oxygen atoms in total. The van der Waals surface area contributed by atoms with Crippen molar-refractivity contribution in [3.05, 3.63) is 0 Å². The van der Waals surface area contributed by atoms with Crippen LogP contribution >= 0.6 is 0 Å². The molecule has 0 aromatic carbocycles. The summed E-state index contributed by atoms with van der Waals surface area (Å²) in [5, 5.41) is 7.03. The van der Waals surface area contributed by atoms with E-state index in [1.807, 2.05) is 0 Å². The maximum atomic E-state index is 5.94. The maximum absolute atomic E-state index is 5.94. The Hall–Kier alpha value is -0.810. The van der Waals surface area contributed by atoms with Crippen molar-refractivity contribution >= 4 is 5.96 Å². The van der Waals surface area contributed by atoms with Crippen LogP contribution in [0.4, 0.5) is 0 Å². The zero-order valence-corrected chi connectivity index (χ0v) is 14.9. The molecule has 3 saturated heterocycles. The van der Waals surface area contributed by atoms with E-state index in [1.54, 1.807) is 0 Å². The van der Waals surface area contributed by atoms with Gasteiger partial charge >= 0.3 is 0 Å². The van der Waals surface area contributed by atoms with Crippen LogP contribution in [0.25, 0.3) is 0 Å². The van der Waals surface area contributed by atoms with Crippen molar-refractivity contribution in [3.63, 3.8) is 0 Å². The molecule has 3 heterocycles. The van der Waals surface area contributed by atoms with Gasteiger partial charge in [0.2, 0.25) is 0 Å². The second-order valence-electron chi connectivity index (χ2n) is 7.37. The fraction of sp³-hybridized carbons (Fsp3) is 0.944. The Labute approximate surface area is 141 Å². The topological polar surface area (TPSA) is 48.9 Å². The molecule has 23 heavy (non-hydrogen) atoms. The molecule has 3 aliphatic heterocycles. The molecule has 3 atom stereocenters. The Morgan fingerprint density at radius 1 is 1.17 bits per heavy atom. The molecule has 132 valence electrons. The van der Waals surface area contributed by atoms with Gasteiger partial charge in [-0.1, -0.05) is 6.92 Å². The average molecular weight is 322 g/mol. The monoisotopic (exact) mass is 322 g/mol. The first kappa shape index (κ1) is 17.0. The van der Waals surface area contributed by atoms with E-state index in [2.05, 4.69) is 29.4 Å². The van der Waals surface area contributed by atoms with Crippen LogP contribution in [-0.4, -0.2) is 61.8 Å². The Morgan fingerprint density at radius 3 is 2.61 bits per heavy atom. The summed E-state index contributed by atoms with van der Waals surface area (Å²) in [6.07, 6.45) is 8.34. The van der Waals surface area contributed by atoms with E-state index >= 15 is 0 Å². The molecule has 3 aliphatic rings. The quantitative estimate of drug-likeness (QED) is 0.580. The van der Waals surface area contributed by atoms with E-state index in [-0.39, 0.29) is 0 Å². The molecule has 5 heteroatoms. The van der Waals surface area contributed by atoms with Crippen LogP contribution < -0.4 is 10.6 Å². The number of ether oxygens (including phenoxy) is 1. The van der Waals surface area contributed by atoms with E-state index in [0.717, 1.165) is 31.4 Å². The molecule has 0 radical (unpaired) electrons. The predicted molar refractivity (Wildman–Crippen MR) is 94.9 cm³/mol. The van der Waals surface area contributed by atoms with Crippen molar-refractivity contribution in [2.45, 2.75) is 70.6 Å². The number of aliphatic imine (C=N–C) groups is 1. The average Bonchev–Trinajstić information content (AvgIpc) is 3.17. The number of rotatable bonds is 6. The number of hydrogen-bond acceptors (Lipinski definition) is 3. The summed E-state index contributed by atoms with van der Waals surface area (Å²) in [4.78, 5) is 7.47. The van der Waals surface area contributed by atoms with Crippen molar-refractivity contribution < 1.29 is 4.74 Å². The van der Waals surface area contributed by atoms with Gasteiger partial charge in [0.25, 0.3) is 0 Å². The second kappa shape index (κ2) is 8.34. The number of fused-ring (bicyclic) bond motifs is 2. The minimum absolute atomic E-state index is 0.404. The van der Waals surface area contributed by atoms with E-state index in [4.69, 9.17) is 9.73 Å². The van der Waals surface area contributed by atoms with E-state index < -0.39 is 0 Å². The van der Waals surface area contributed by atoms with Gasteiger partial charge in [0.15, 0.2) is 5.96 Å². The Balaban J connectivity index is 1.45. The fourth-order valence-electron chi connectivity index (χ4n) is 4.21. The number of nitrogens with one attached hydrogen (secondary N) is 2. The van der Waals surface area contributed by atoms with Crippen LogP contribution in [0.3, 0.4) is 0 Å². The van der Waals surface area contributed by atoms with Crippen LogP contribution in [0.5, 0.6) is 0 Å². The predicted octanol–water partition coefficient (Wildman–Crippen LogP) is 1.98. The maximum Gasteiger partial charge on any atom is 0.191 e. The molecule has 0 amide bonds. The normalized spacial score (nSPS) is 32.4. The third-order valence-electron chi connectivity index (χ3n) is 5.53. The van der Waals surface area contributed by atoms with Crippen molar-refractivity contribution in [1.29, 1.82) is 0 Å². The molecular weight excluding hydrogens is 288 g/mol. The van der Waals surface area contributed by atoms with Crippen LogP contribution in [0.2, 0.25) is 0 Å². The minimum atomic E-state index is 0.404. The van der Waals surface area contributed by atoms with Gasteiger partial charge in [0.1, 0.15) is 0 Å². The van der Waals surface area contributed by atoms with Crippen molar-refractivity contribution in [2.24, 2.45) is 10.9 Å². The van der Waals surface area contributed by atoms with Gasteiger partial charge in [0.05, 0.1) is 18.2 Å². The molecule has 2 bridgehead atoms. The summed E-state index contributed by atoms with van der Waals surface area (Å²) < 4.78 is 5.94. The lowest BCUT2D eigenvalue weighted by atomic mass is 9.95. The molecule has 3 unspecified atom stereocenters. The summed E-state index contributed by atoms with van der Waals surface area (Å²) in [6.45, 7) is 10.0. The van der Waals surface area contributed by atoms with Gasteiger partial charge in [-0.15, -0.1) is 0 Å². The molecule has 0 aromatic rings. The molecule has 0 saturated carbocycles. The molecular formula is C18H34N4O. The van der Waals surface area contributed by atoms with Crippen LogP contribution in [0.1, 0.15) is 52.4 Å². The number of nitrogens with zero attached hydrogens (tertiary/aromatic N) is 2. The highest BCUT2D eigenvalue weighted by molar-refractivity contribution is 5.80. The van der Waals surface area contributed by atoms with Crippen LogP contribution in [-0.2, 0) is 4.74 Å². The summed E-state index contributed by atoms with van der Waals surface area (Å²) in [6, 6.07) is 0.456. The Morgan fingerprint density at radius 2 is 2.00 bits per heavy atom. The smallest absolute Gasteiger partial charge is 0.191 e. The number of guanidine groups is 1. The zero-order valence-electron chi connectivity index (χ0n) is 14.9. The highest BCUT2D eigenvalue weighted by Gasteiger charge is 2.41. The summed E-state index contributed by atoms with van der Waals surface area (Å²) in [7, 11) is 0. The largest absolute Gasteiger partial charge is 0.373 e. The van der Waals surface area contributed by atoms with Crippen molar-refractivity contribution in [3.8, 4) is 0 Å².